The van der Waals surface area contributed by atoms with E-state index in [-0.39, 0.29) is 23.7 Å². The lowest BCUT2D eigenvalue weighted by atomic mass is 9.71. The van der Waals surface area contributed by atoms with Gasteiger partial charge in [0.1, 0.15) is 16.7 Å². The normalized spacial score (nSPS) is 16.6. The summed E-state index contributed by atoms with van der Waals surface area (Å²) in [6, 6.07) is 17.6. The Morgan fingerprint density at radius 1 is 1.05 bits per heavy atom. The number of hydrogen-bond donors (Lipinski definition) is 2. The number of carbonyl (C=O) groups excluding carboxylic acids is 2. The second-order valence-corrected chi connectivity index (χ2v) is 12.0. The van der Waals surface area contributed by atoms with Gasteiger partial charge in [0.25, 0.3) is 5.56 Å². The summed E-state index contributed by atoms with van der Waals surface area (Å²) in [4.78, 5) is 45.1. The predicted octanol–water partition coefficient (Wildman–Crippen LogP) is 4.70. The molecule has 2 aromatic carbocycles. The molecule has 10 nitrogen and oxygen atoms in total. The minimum atomic E-state index is -0.584. The number of carbonyl (C=O) groups is 2. The first-order chi connectivity index (χ1) is 20.0. The first-order valence-electron chi connectivity index (χ1n) is 14.3. The fourth-order valence-electron chi connectivity index (χ4n) is 5.75. The minimum Gasteiger partial charge on any atom is -0.444 e. The second kappa shape index (κ2) is 10.3. The number of benzene rings is 2. The van der Waals surface area contributed by atoms with E-state index in [0.29, 0.717) is 35.7 Å². The van der Waals surface area contributed by atoms with Gasteiger partial charge in [-0.1, -0.05) is 54.6 Å². The molecular formula is C32H35N5O5. The van der Waals surface area contributed by atoms with E-state index in [0.717, 1.165) is 36.0 Å². The molecule has 1 saturated heterocycles. The van der Waals surface area contributed by atoms with Crippen molar-refractivity contribution in [2.75, 3.05) is 24.5 Å². The van der Waals surface area contributed by atoms with Gasteiger partial charge in [-0.3, -0.25) is 14.2 Å². The van der Waals surface area contributed by atoms with Crippen molar-refractivity contribution >= 4 is 29.0 Å². The van der Waals surface area contributed by atoms with Gasteiger partial charge in [-0.2, -0.15) is 4.98 Å². The van der Waals surface area contributed by atoms with Crippen LogP contribution in [0.1, 0.15) is 45.6 Å². The van der Waals surface area contributed by atoms with Crippen LogP contribution in [0.2, 0.25) is 0 Å². The summed E-state index contributed by atoms with van der Waals surface area (Å²) in [5.74, 6) is 0.799. The summed E-state index contributed by atoms with van der Waals surface area (Å²) in [6.45, 7) is 6.67. The molecule has 2 N–H and O–H groups in total. The van der Waals surface area contributed by atoms with Gasteiger partial charge in [0.05, 0.1) is 12.1 Å². The third-order valence-corrected chi connectivity index (χ3v) is 7.94. The molecule has 1 saturated carbocycles. The third kappa shape index (κ3) is 5.01. The molecule has 0 bridgehead atoms. The van der Waals surface area contributed by atoms with Gasteiger partial charge in [0.2, 0.25) is 17.6 Å². The van der Waals surface area contributed by atoms with Gasteiger partial charge >= 0.3 is 6.09 Å². The van der Waals surface area contributed by atoms with Crippen LogP contribution in [0.3, 0.4) is 0 Å². The monoisotopic (exact) mass is 569 g/mol. The van der Waals surface area contributed by atoms with Crippen molar-refractivity contribution < 1.29 is 18.7 Å². The number of ether oxygens (including phenoxy) is 1. The Balaban J connectivity index is 1.43. The molecule has 0 radical (unpaired) electrons. The number of nitrogens with one attached hydrogen (secondary N) is 2. The molecule has 0 atom stereocenters. The third-order valence-electron chi connectivity index (χ3n) is 7.94. The molecule has 10 heteroatoms. The van der Waals surface area contributed by atoms with Gasteiger partial charge in [0, 0.05) is 31.3 Å². The Hall–Kier alpha value is -4.60. The molecule has 42 heavy (non-hydrogen) atoms. The number of furan rings is 1. The average Bonchev–Trinajstić information content (AvgIpc) is 3.32. The molecule has 4 aromatic rings. The van der Waals surface area contributed by atoms with Crippen LogP contribution >= 0.6 is 0 Å². The Bertz CT molecular complexity index is 1710. The Kier molecular flexibility index (Phi) is 6.79. The molecule has 2 aliphatic rings. The molecule has 6 rings (SSSR count). The predicted molar refractivity (Wildman–Crippen MR) is 160 cm³/mol. The largest absolute Gasteiger partial charge is 0.444 e. The highest BCUT2D eigenvalue weighted by molar-refractivity contribution is 6.00. The fraction of sp³-hybridized carbons (Fsp3) is 0.375. The number of anilines is 1. The molecule has 218 valence electrons. The molecule has 0 spiro atoms. The van der Waals surface area contributed by atoms with Crippen LogP contribution in [-0.4, -0.2) is 46.8 Å². The van der Waals surface area contributed by atoms with E-state index in [4.69, 9.17) is 14.1 Å². The number of alkyl carbamates (subject to hydrolysis) is 1. The maximum atomic E-state index is 13.8. The molecule has 1 aliphatic carbocycles. The van der Waals surface area contributed by atoms with Crippen molar-refractivity contribution in [3.8, 4) is 22.5 Å². The van der Waals surface area contributed by atoms with E-state index in [9.17, 15) is 14.4 Å². The van der Waals surface area contributed by atoms with Gasteiger partial charge in [0.15, 0.2) is 0 Å². The second-order valence-electron chi connectivity index (χ2n) is 12.0. The van der Waals surface area contributed by atoms with Gasteiger partial charge < -0.3 is 24.7 Å². The highest BCUT2D eigenvalue weighted by Gasteiger charge is 2.41. The number of fused-ring (bicyclic) bond motifs is 1. The van der Waals surface area contributed by atoms with E-state index in [1.54, 1.807) is 11.9 Å². The van der Waals surface area contributed by atoms with Crippen molar-refractivity contribution in [3.63, 3.8) is 0 Å². The number of piperazine rings is 1. The molecule has 2 fully saturated rings. The lowest BCUT2D eigenvalue weighted by molar-refractivity contribution is -0.120. The number of amides is 2. The zero-order valence-electron chi connectivity index (χ0n) is 24.3. The van der Waals surface area contributed by atoms with Crippen molar-refractivity contribution in [3.05, 3.63) is 70.5 Å². The van der Waals surface area contributed by atoms with Crippen LogP contribution in [-0.2, 0) is 22.1 Å². The summed E-state index contributed by atoms with van der Waals surface area (Å²) in [5.41, 5.74) is 2.18. The quantitative estimate of drug-likeness (QED) is 0.358. The number of aromatic nitrogens is 2. The van der Waals surface area contributed by atoms with Crippen LogP contribution in [0.15, 0.2) is 63.8 Å². The molecule has 0 unspecified atom stereocenters. The van der Waals surface area contributed by atoms with E-state index >= 15 is 0 Å². The van der Waals surface area contributed by atoms with E-state index < -0.39 is 17.2 Å². The van der Waals surface area contributed by atoms with Crippen LogP contribution in [0, 0.1) is 0 Å². The van der Waals surface area contributed by atoms with Crippen molar-refractivity contribution in [1.29, 1.82) is 0 Å². The van der Waals surface area contributed by atoms with Crippen molar-refractivity contribution in [2.45, 2.75) is 51.2 Å². The number of rotatable bonds is 5. The summed E-state index contributed by atoms with van der Waals surface area (Å²) < 4.78 is 13.4. The minimum absolute atomic E-state index is 0.117. The van der Waals surface area contributed by atoms with Gasteiger partial charge in [-0.15, -0.1) is 0 Å². The maximum absolute atomic E-state index is 13.8. The van der Waals surface area contributed by atoms with Crippen LogP contribution in [0.4, 0.5) is 10.7 Å². The molecular weight excluding hydrogens is 534 g/mol. The summed E-state index contributed by atoms with van der Waals surface area (Å²) in [5, 5.41) is 6.29. The standard InChI is InChI=1S/C32H35N5O5/c1-31(2,3)42-30(40)35-32(15-8-16-32)22-13-11-21(12-14-22)26-24(20-9-6-5-7-10-20)25-27(41-26)34-29(36(4)28(25)39)37-18-17-33-23(38)19-37/h5-7,9-14H,8,15-19H2,1-4H3,(H,33,38)(H,35,40). The average molecular weight is 570 g/mol. The molecule has 2 aromatic heterocycles. The summed E-state index contributed by atoms with van der Waals surface area (Å²) >= 11 is 0. The van der Waals surface area contributed by atoms with Crippen LogP contribution < -0.4 is 21.1 Å². The van der Waals surface area contributed by atoms with E-state index in [1.807, 2.05) is 75.4 Å². The number of hydrogen-bond acceptors (Lipinski definition) is 7. The molecule has 1 aliphatic heterocycles. The lowest BCUT2D eigenvalue weighted by Gasteiger charge is -2.43. The molecule has 2 amide bonds. The first kappa shape index (κ1) is 27.6. The van der Waals surface area contributed by atoms with Gasteiger partial charge in [-0.25, -0.2) is 4.79 Å². The van der Waals surface area contributed by atoms with Gasteiger partial charge in [-0.05, 0) is 51.2 Å². The first-order valence-corrected chi connectivity index (χ1v) is 14.3. The fourth-order valence-corrected chi connectivity index (χ4v) is 5.75. The van der Waals surface area contributed by atoms with Crippen LogP contribution in [0.25, 0.3) is 33.6 Å². The smallest absolute Gasteiger partial charge is 0.408 e. The highest BCUT2D eigenvalue weighted by Crippen LogP contribution is 2.44. The van der Waals surface area contributed by atoms with Crippen molar-refractivity contribution in [2.24, 2.45) is 7.05 Å². The Morgan fingerprint density at radius 3 is 2.38 bits per heavy atom. The highest BCUT2D eigenvalue weighted by atomic mass is 16.6. The van der Waals surface area contributed by atoms with Crippen molar-refractivity contribution in [1.82, 2.24) is 20.2 Å². The summed E-state index contributed by atoms with van der Waals surface area (Å²) in [7, 11) is 1.67. The van der Waals surface area contributed by atoms with E-state index in [1.165, 1.54) is 4.57 Å². The van der Waals surface area contributed by atoms with Crippen LogP contribution in [0.5, 0.6) is 0 Å². The number of nitrogens with zero attached hydrogens (tertiary/aromatic N) is 3. The Morgan fingerprint density at radius 2 is 1.76 bits per heavy atom. The topological polar surface area (TPSA) is 119 Å². The zero-order valence-corrected chi connectivity index (χ0v) is 24.3. The Labute approximate surface area is 243 Å². The van der Waals surface area contributed by atoms with E-state index in [2.05, 4.69) is 10.6 Å². The SMILES string of the molecule is Cn1c(N2CCNC(=O)C2)nc2oc(-c3ccc(C4(NC(=O)OC(C)(C)C)CCC4)cc3)c(-c3ccccc3)c2c1=O. The lowest BCUT2D eigenvalue weighted by Crippen LogP contribution is -2.52. The zero-order chi connectivity index (χ0) is 29.6. The summed E-state index contributed by atoms with van der Waals surface area (Å²) in [6.07, 6.45) is 2.22. The molecule has 3 heterocycles. The maximum Gasteiger partial charge on any atom is 0.408 e.